The highest BCUT2D eigenvalue weighted by atomic mass is 19.1. The molecule has 5 rings (SSSR count). The number of nitrogens with zero attached hydrogens (tertiary/aromatic N) is 7. The van der Waals surface area contributed by atoms with Gasteiger partial charge in [0, 0.05) is 36.7 Å². The van der Waals surface area contributed by atoms with Gasteiger partial charge in [-0.25, -0.2) is 14.4 Å². The lowest BCUT2D eigenvalue weighted by Gasteiger charge is -2.36. The van der Waals surface area contributed by atoms with E-state index in [2.05, 4.69) is 27.0 Å². The Kier molecular flexibility index (Phi) is 5.31. The summed E-state index contributed by atoms with van der Waals surface area (Å²) in [5, 5.41) is 19.7. The van der Waals surface area contributed by atoms with E-state index in [9.17, 15) is 9.50 Å². The summed E-state index contributed by atoms with van der Waals surface area (Å²) in [5.41, 5.74) is 7.29. The first-order valence-corrected chi connectivity index (χ1v) is 11.3. The van der Waals surface area contributed by atoms with Crippen molar-refractivity contribution in [1.29, 1.82) is 0 Å². The lowest BCUT2D eigenvalue weighted by molar-refractivity contribution is 0.0577. The van der Waals surface area contributed by atoms with Gasteiger partial charge >= 0.3 is 0 Å². The number of benzene rings is 1. The van der Waals surface area contributed by atoms with Gasteiger partial charge in [0.25, 0.3) is 0 Å². The molecular formula is C23H29FN8O2. The molecule has 4 heterocycles. The molecule has 0 unspecified atom stereocenters. The second-order valence-corrected chi connectivity index (χ2v) is 9.71. The highest BCUT2D eigenvalue weighted by Gasteiger charge is 2.32. The van der Waals surface area contributed by atoms with Gasteiger partial charge in [-0.2, -0.15) is 9.61 Å². The fraction of sp³-hybridized carbons (Fsp3) is 0.478. The molecular weight excluding hydrogens is 439 g/mol. The van der Waals surface area contributed by atoms with Crippen LogP contribution in [0.25, 0.3) is 16.6 Å². The fourth-order valence-corrected chi connectivity index (χ4v) is 4.60. The monoisotopic (exact) mass is 468 g/mol. The molecule has 1 aromatic carbocycles. The number of hydrogen-bond donors (Lipinski definition) is 2. The molecule has 1 aliphatic heterocycles. The Hall–Kier alpha value is -3.47. The second-order valence-electron chi connectivity index (χ2n) is 9.71. The molecule has 0 bridgehead atoms. The highest BCUT2D eigenvalue weighted by Crippen LogP contribution is 2.34. The second kappa shape index (κ2) is 8.08. The van der Waals surface area contributed by atoms with E-state index >= 15 is 0 Å². The number of piperidine rings is 1. The number of ether oxygens (including phenoxy) is 1. The zero-order valence-electron chi connectivity index (χ0n) is 19.7. The standard InChI is InChI=1S/C23H29FN8O2/c1-13-5-6-30(14-9-26-31(10-14)12-23(2,3)33)11-16(13)20-28-21-15-7-17(24)19(34-4)8-18(15)27-22(25)32(21)29-20/h7-10,13,16,33H,5-6,11-12H2,1-4H3,(H2,25,27)/t13-,16-/m1/s1. The van der Waals surface area contributed by atoms with E-state index < -0.39 is 11.4 Å². The van der Waals surface area contributed by atoms with Gasteiger partial charge in [-0.15, -0.1) is 5.10 Å². The van der Waals surface area contributed by atoms with Crippen LogP contribution in [-0.4, -0.2) is 60.3 Å². The molecule has 0 amide bonds. The van der Waals surface area contributed by atoms with Crippen molar-refractivity contribution in [2.75, 3.05) is 30.8 Å². The quantitative estimate of drug-likeness (QED) is 0.459. The number of halogens is 1. The van der Waals surface area contributed by atoms with Crippen molar-refractivity contribution in [3.63, 3.8) is 0 Å². The minimum Gasteiger partial charge on any atom is -0.494 e. The Morgan fingerprint density at radius 3 is 2.82 bits per heavy atom. The third-order valence-corrected chi connectivity index (χ3v) is 6.41. The predicted octanol–water partition coefficient (Wildman–Crippen LogP) is 2.60. The summed E-state index contributed by atoms with van der Waals surface area (Å²) < 4.78 is 22.8. The molecule has 1 saturated heterocycles. The van der Waals surface area contributed by atoms with Gasteiger partial charge in [0.05, 0.1) is 36.7 Å². The van der Waals surface area contributed by atoms with E-state index in [0.717, 1.165) is 18.7 Å². The zero-order valence-corrected chi connectivity index (χ0v) is 19.7. The number of aromatic nitrogens is 6. The van der Waals surface area contributed by atoms with Gasteiger partial charge in [-0.1, -0.05) is 6.92 Å². The van der Waals surface area contributed by atoms with Crippen LogP contribution in [-0.2, 0) is 6.54 Å². The number of nitrogens with two attached hydrogens (primary N) is 1. The maximum absolute atomic E-state index is 14.4. The lowest BCUT2D eigenvalue weighted by Crippen LogP contribution is -2.38. The van der Waals surface area contributed by atoms with Gasteiger partial charge in [-0.3, -0.25) is 4.68 Å². The van der Waals surface area contributed by atoms with Gasteiger partial charge in [0.15, 0.2) is 23.0 Å². The molecule has 0 spiro atoms. The van der Waals surface area contributed by atoms with Crippen molar-refractivity contribution in [3.8, 4) is 5.75 Å². The Labute approximate surface area is 196 Å². The van der Waals surface area contributed by atoms with Gasteiger partial charge < -0.3 is 20.5 Å². The van der Waals surface area contributed by atoms with Gasteiger partial charge in [-0.05, 0) is 32.3 Å². The van der Waals surface area contributed by atoms with Crippen molar-refractivity contribution < 1.29 is 14.2 Å². The molecule has 11 heteroatoms. The first kappa shape index (κ1) is 22.3. The molecule has 34 heavy (non-hydrogen) atoms. The molecule has 180 valence electrons. The van der Waals surface area contributed by atoms with E-state index in [1.807, 2.05) is 12.4 Å². The van der Waals surface area contributed by atoms with E-state index in [0.29, 0.717) is 41.4 Å². The molecule has 10 nitrogen and oxygen atoms in total. The van der Waals surface area contributed by atoms with Crippen molar-refractivity contribution in [2.45, 2.75) is 45.3 Å². The van der Waals surface area contributed by atoms with Crippen LogP contribution in [0.2, 0.25) is 0 Å². The molecule has 0 saturated carbocycles. The topological polar surface area (TPSA) is 120 Å². The number of hydrogen-bond acceptors (Lipinski definition) is 8. The lowest BCUT2D eigenvalue weighted by atomic mass is 9.86. The third-order valence-electron chi connectivity index (χ3n) is 6.41. The number of rotatable bonds is 5. The number of methoxy groups -OCH3 is 1. The maximum Gasteiger partial charge on any atom is 0.223 e. The molecule has 1 fully saturated rings. The Balaban J connectivity index is 1.49. The summed E-state index contributed by atoms with van der Waals surface area (Å²) in [7, 11) is 1.41. The SMILES string of the molecule is COc1cc2nc(N)n3nc([C@@H]4CN(c5cnn(CC(C)(C)O)c5)CC[C@H]4C)nc3c2cc1F. The zero-order chi connectivity index (χ0) is 24.2. The fourth-order valence-electron chi connectivity index (χ4n) is 4.60. The smallest absolute Gasteiger partial charge is 0.223 e. The number of nitrogen functional groups attached to an aromatic ring is 1. The number of fused-ring (bicyclic) bond motifs is 3. The molecule has 0 radical (unpaired) electrons. The first-order chi connectivity index (χ1) is 16.1. The van der Waals surface area contributed by atoms with Crippen LogP contribution in [0.15, 0.2) is 24.5 Å². The van der Waals surface area contributed by atoms with Crippen LogP contribution in [0.3, 0.4) is 0 Å². The van der Waals surface area contributed by atoms with E-state index in [1.165, 1.54) is 23.8 Å². The van der Waals surface area contributed by atoms with Crippen molar-refractivity contribution in [2.24, 2.45) is 5.92 Å². The largest absolute Gasteiger partial charge is 0.494 e. The molecule has 1 aliphatic rings. The average molecular weight is 469 g/mol. The third kappa shape index (κ3) is 4.00. The predicted molar refractivity (Wildman–Crippen MR) is 126 cm³/mol. The maximum atomic E-state index is 14.4. The Bertz CT molecular complexity index is 1360. The van der Waals surface area contributed by atoms with Crippen molar-refractivity contribution >= 4 is 28.2 Å². The minimum atomic E-state index is -0.844. The number of anilines is 2. The summed E-state index contributed by atoms with van der Waals surface area (Å²) in [5.74, 6) is 0.834. The first-order valence-electron chi connectivity index (χ1n) is 11.3. The number of aliphatic hydroxyl groups is 1. The summed E-state index contributed by atoms with van der Waals surface area (Å²) in [6.07, 6.45) is 4.73. The van der Waals surface area contributed by atoms with Crippen molar-refractivity contribution in [3.05, 3.63) is 36.2 Å². The van der Waals surface area contributed by atoms with Crippen LogP contribution >= 0.6 is 0 Å². The molecule has 4 aromatic rings. The van der Waals surface area contributed by atoms with E-state index in [1.54, 1.807) is 18.5 Å². The molecule has 3 N–H and O–H groups in total. The van der Waals surface area contributed by atoms with Crippen LogP contribution in [0.1, 0.15) is 38.9 Å². The summed E-state index contributed by atoms with van der Waals surface area (Å²) in [4.78, 5) is 11.4. The van der Waals surface area contributed by atoms with E-state index in [4.69, 9.17) is 15.5 Å². The van der Waals surface area contributed by atoms with Crippen molar-refractivity contribution in [1.82, 2.24) is 29.4 Å². The normalized spacial score (nSPS) is 19.3. The summed E-state index contributed by atoms with van der Waals surface area (Å²) >= 11 is 0. The minimum absolute atomic E-state index is 0.0452. The van der Waals surface area contributed by atoms with Gasteiger partial charge in [0.2, 0.25) is 5.95 Å². The molecule has 3 aromatic heterocycles. The van der Waals surface area contributed by atoms with E-state index in [-0.39, 0.29) is 17.6 Å². The highest BCUT2D eigenvalue weighted by molar-refractivity contribution is 5.93. The Morgan fingerprint density at radius 2 is 2.09 bits per heavy atom. The van der Waals surface area contributed by atoms with Crippen LogP contribution in [0.4, 0.5) is 16.0 Å². The average Bonchev–Trinajstić information content (AvgIpc) is 3.41. The summed E-state index contributed by atoms with van der Waals surface area (Å²) in [6.45, 7) is 7.71. The van der Waals surface area contributed by atoms with Gasteiger partial charge in [0.1, 0.15) is 0 Å². The molecule has 2 atom stereocenters. The van der Waals surface area contributed by atoms with Crippen LogP contribution < -0.4 is 15.4 Å². The van der Waals surface area contributed by atoms with Crippen LogP contribution in [0.5, 0.6) is 5.75 Å². The van der Waals surface area contributed by atoms with Crippen LogP contribution in [0, 0.1) is 11.7 Å². The summed E-state index contributed by atoms with van der Waals surface area (Å²) in [6, 6.07) is 2.88. The molecule has 0 aliphatic carbocycles. The Morgan fingerprint density at radius 1 is 1.29 bits per heavy atom.